The maximum atomic E-state index is 12.6. The molecule has 1 aliphatic rings. The highest BCUT2D eigenvalue weighted by Gasteiger charge is 2.63. The number of esters is 2. The van der Waals surface area contributed by atoms with Gasteiger partial charge in [-0.3, -0.25) is 4.79 Å². The molecule has 0 aromatic carbocycles. The number of carbonyl (C=O) groups is 2. The van der Waals surface area contributed by atoms with Crippen LogP contribution in [0.2, 0.25) is 0 Å². The highest BCUT2D eigenvalue weighted by Crippen LogP contribution is 2.59. The third kappa shape index (κ3) is 2.84. The van der Waals surface area contributed by atoms with E-state index in [1.807, 2.05) is 12.1 Å². The van der Waals surface area contributed by atoms with Gasteiger partial charge in [0.2, 0.25) is 0 Å². The van der Waals surface area contributed by atoms with Gasteiger partial charge in [-0.25, -0.2) is 4.79 Å². The lowest BCUT2D eigenvalue weighted by Gasteiger charge is -2.41. The van der Waals surface area contributed by atoms with Crippen molar-refractivity contribution in [3.8, 4) is 12.1 Å². The lowest BCUT2D eigenvalue weighted by atomic mass is 9.56. The molecule has 3 atom stereocenters. The van der Waals surface area contributed by atoms with Crippen LogP contribution in [0.15, 0.2) is 57.0 Å². The van der Waals surface area contributed by atoms with Crippen molar-refractivity contribution >= 4 is 11.9 Å². The number of furan rings is 2. The van der Waals surface area contributed by atoms with Crippen LogP contribution in [0, 0.1) is 34.0 Å². The van der Waals surface area contributed by atoms with Crippen LogP contribution in [0.25, 0.3) is 0 Å². The number of nitriles is 2. The monoisotopic (exact) mass is 396 g/mol. The number of methoxy groups -OCH3 is 2. The first-order valence-corrected chi connectivity index (χ1v) is 8.45. The fraction of sp³-hybridized carbons (Fsp3) is 0.300. The molecule has 0 radical (unpaired) electrons. The summed E-state index contributed by atoms with van der Waals surface area (Å²) >= 11 is 0. The molecule has 1 N–H and O–H groups in total. The average Bonchev–Trinajstić information content (AvgIpc) is 3.45. The normalized spacial score (nSPS) is 23.0. The van der Waals surface area contributed by atoms with Gasteiger partial charge in [-0.05, 0) is 24.3 Å². The van der Waals surface area contributed by atoms with Crippen molar-refractivity contribution in [3.63, 3.8) is 0 Å². The minimum Gasteiger partial charge on any atom is -0.511 e. The number of aliphatic hydroxyl groups excluding tert-OH is 1. The van der Waals surface area contributed by atoms with Crippen LogP contribution in [-0.4, -0.2) is 31.3 Å². The number of nitrogens with zero attached hydrogens (tertiary/aromatic N) is 2. The zero-order chi connectivity index (χ0) is 21.2. The molecule has 2 heterocycles. The van der Waals surface area contributed by atoms with Crippen molar-refractivity contribution in [2.24, 2.45) is 11.3 Å². The van der Waals surface area contributed by atoms with Gasteiger partial charge in [0.25, 0.3) is 0 Å². The van der Waals surface area contributed by atoms with Crippen molar-refractivity contribution in [2.45, 2.75) is 11.8 Å². The molecule has 0 spiro atoms. The highest BCUT2D eigenvalue weighted by molar-refractivity contribution is 5.94. The summed E-state index contributed by atoms with van der Waals surface area (Å²) in [6, 6.07) is 9.84. The smallest absolute Gasteiger partial charge is 0.338 e. The van der Waals surface area contributed by atoms with Crippen LogP contribution in [0.3, 0.4) is 0 Å². The molecule has 29 heavy (non-hydrogen) atoms. The number of hydrogen-bond donors (Lipinski definition) is 1. The second-order valence-electron chi connectivity index (χ2n) is 6.33. The Morgan fingerprint density at radius 2 is 1.66 bits per heavy atom. The van der Waals surface area contributed by atoms with Crippen molar-refractivity contribution in [3.05, 3.63) is 59.6 Å². The Kier molecular flexibility index (Phi) is 5.16. The van der Waals surface area contributed by atoms with Crippen LogP contribution in [0.5, 0.6) is 0 Å². The van der Waals surface area contributed by atoms with Crippen molar-refractivity contribution in [1.82, 2.24) is 0 Å². The van der Waals surface area contributed by atoms with E-state index in [1.54, 1.807) is 0 Å². The predicted octanol–water partition coefficient (Wildman–Crippen LogP) is 2.56. The maximum Gasteiger partial charge on any atom is 0.338 e. The van der Waals surface area contributed by atoms with Crippen molar-refractivity contribution in [1.29, 1.82) is 10.5 Å². The lowest BCUT2D eigenvalue weighted by molar-refractivity contribution is -0.147. The topological polar surface area (TPSA) is 147 Å². The first-order valence-electron chi connectivity index (χ1n) is 8.45. The fourth-order valence-electron chi connectivity index (χ4n) is 3.82. The van der Waals surface area contributed by atoms with Gasteiger partial charge in [0.15, 0.2) is 5.41 Å². The molecule has 0 amide bonds. The Bertz CT molecular complexity index is 1010. The Morgan fingerprint density at radius 3 is 2.10 bits per heavy atom. The van der Waals surface area contributed by atoms with E-state index in [2.05, 4.69) is 0 Å². The Labute approximate surface area is 165 Å². The molecule has 9 heteroatoms. The minimum atomic E-state index is -2.07. The van der Waals surface area contributed by atoms with Gasteiger partial charge >= 0.3 is 11.9 Å². The van der Waals surface area contributed by atoms with E-state index in [4.69, 9.17) is 18.3 Å². The summed E-state index contributed by atoms with van der Waals surface area (Å²) in [5.41, 5.74) is -2.49. The standard InChI is InChI=1S/C20H16N2O7/c1-26-18(24)13-15(11-5-3-7-28-11)20(9-21,10-22)16(12-6-4-8-29-12)14(17(13)23)19(25)27-2/h3-8,13,15-16,23H,1-2H3/t13-,15-,16+/m0/s1. The molecule has 0 bridgehead atoms. The molecule has 0 aliphatic heterocycles. The largest absolute Gasteiger partial charge is 0.511 e. The van der Waals surface area contributed by atoms with E-state index in [1.165, 1.54) is 36.8 Å². The van der Waals surface area contributed by atoms with E-state index in [-0.39, 0.29) is 11.5 Å². The second-order valence-corrected chi connectivity index (χ2v) is 6.33. The Hall–Kier alpha value is -3.98. The van der Waals surface area contributed by atoms with Crippen molar-refractivity contribution in [2.75, 3.05) is 14.2 Å². The summed E-state index contributed by atoms with van der Waals surface area (Å²) in [6.45, 7) is 0. The van der Waals surface area contributed by atoms with Crippen LogP contribution in [0.4, 0.5) is 0 Å². The van der Waals surface area contributed by atoms with Gasteiger partial charge in [0.1, 0.15) is 23.2 Å². The first kappa shape index (κ1) is 19.8. The summed E-state index contributed by atoms with van der Waals surface area (Å²) in [5.74, 6) is -6.66. The maximum absolute atomic E-state index is 12.6. The molecule has 0 unspecified atom stereocenters. The van der Waals surface area contributed by atoms with Gasteiger partial charge in [0, 0.05) is 0 Å². The molecule has 0 saturated carbocycles. The number of aliphatic hydroxyl groups is 1. The van der Waals surface area contributed by atoms with Gasteiger partial charge in [-0.15, -0.1) is 0 Å². The predicted molar refractivity (Wildman–Crippen MR) is 93.7 cm³/mol. The zero-order valence-corrected chi connectivity index (χ0v) is 15.5. The van der Waals surface area contributed by atoms with Gasteiger partial charge < -0.3 is 23.4 Å². The van der Waals surface area contributed by atoms with E-state index < -0.39 is 46.4 Å². The minimum absolute atomic E-state index is 0.0694. The molecular weight excluding hydrogens is 380 g/mol. The van der Waals surface area contributed by atoms with E-state index in [0.29, 0.717) is 0 Å². The molecule has 2 aromatic rings. The number of hydrogen-bond acceptors (Lipinski definition) is 9. The second kappa shape index (κ2) is 7.56. The number of rotatable bonds is 4. The highest BCUT2D eigenvalue weighted by atomic mass is 16.5. The van der Waals surface area contributed by atoms with Crippen LogP contribution >= 0.6 is 0 Å². The van der Waals surface area contributed by atoms with Gasteiger partial charge in [0.05, 0.1) is 56.3 Å². The fourth-order valence-corrected chi connectivity index (χ4v) is 3.82. The Balaban J connectivity index is 2.44. The summed E-state index contributed by atoms with van der Waals surface area (Å²) in [5, 5.41) is 31.3. The summed E-state index contributed by atoms with van der Waals surface area (Å²) < 4.78 is 20.3. The number of ether oxygens (including phenoxy) is 2. The molecule has 0 fully saturated rings. The van der Waals surface area contributed by atoms with Crippen LogP contribution in [-0.2, 0) is 19.1 Å². The molecular formula is C20H16N2O7. The van der Waals surface area contributed by atoms with Crippen LogP contribution < -0.4 is 0 Å². The summed E-state index contributed by atoms with van der Waals surface area (Å²) in [7, 11) is 2.17. The third-order valence-electron chi connectivity index (χ3n) is 5.05. The zero-order valence-electron chi connectivity index (χ0n) is 15.5. The summed E-state index contributed by atoms with van der Waals surface area (Å²) in [6.07, 6.45) is 2.61. The van der Waals surface area contributed by atoms with Crippen LogP contribution in [0.1, 0.15) is 23.4 Å². The van der Waals surface area contributed by atoms with Crippen molar-refractivity contribution < 1.29 is 33.0 Å². The SMILES string of the molecule is COC(=O)C1=C(O)[C@@H](C(=O)OC)[C@H](c2ccco2)C(C#N)(C#N)[C@@H]1c1ccco1. The van der Waals surface area contributed by atoms with E-state index in [9.17, 15) is 25.2 Å². The van der Waals surface area contributed by atoms with E-state index in [0.717, 1.165) is 14.2 Å². The molecule has 0 saturated heterocycles. The molecule has 3 rings (SSSR count). The molecule has 1 aliphatic carbocycles. The third-order valence-corrected chi connectivity index (χ3v) is 5.05. The quantitative estimate of drug-likeness (QED) is 0.770. The molecule has 2 aromatic heterocycles. The molecule has 9 nitrogen and oxygen atoms in total. The van der Waals surface area contributed by atoms with E-state index >= 15 is 0 Å². The molecule has 148 valence electrons. The Morgan fingerprint density at radius 1 is 1.07 bits per heavy atom. The summed E-state index contributed by atoms with van der Waals surface area (Å²) in [4.78, 5) is 25.2. The average molecular weight is 396 g/mol. The number of carbonyl (C=O) groups excluding carboxylic acids is 2. The first-order chi connectivity index (χ1) is 14.0. The van der Waals surface area contributed by atoms with Gasteiger partial charge in [-0.2, -0.15) is 10.5 Å². The lowest BCUT2D eigenvalue weighted by Crippen LogP contribution is -2.47. The van der Waals surface area contributed by atoms with Gasteiger partial charge in [-0.1, -0.05) is 0 Å².